The van der Waals surface area contributed by atoms with Crippen LogP contribution in [-0.4, -0.2) is 20.1 Å². The molecule has 28 heavy (non-hydrogen) atoms. The van der Waals surface area contributed by atoms with Gasteiger partial charge in [0.15, 0.2) is 0 Å². The van der Waals surface area contributed by atoms with Gasteiger partial charge in [-0.1, -0.05) is 11.6 Å². The molecular formula is C17H12ClF6NO3. The third-order valence-corrected chi connectivity index (χ3v) is 3.87. The molecule has 4 nitrogen and oxygen atoms in total. The molecule has 0 aliphatic heterocycles. The van der Waals surface area contributed by atoms with Gasteiger partial charge in [-0.25, -0.2) is 0 Å². The van der Waals surface area contributed by atoms with Gasteiger partial charge in [0.25, 0.3) is 5.91 Å². The first-order valence-corrected chi connectivity index (χ1v) is 7.77. The molecule has 0 atom stereocenters. The number of alkyl halides is 6. The van der Waals surface area contributed by atoms with Gasteiger partial charge in [0.05, 0.1) is 36.1 Å². The predicted molar refractivity (Wildman–Crippen MR) is 89.0 cm³/mol. The highest BCUT2D eigenvalue weighted by atomic mass is 35.5. The number of amides is 1. The number of hydrogen-bond donors (Lipinski definition) is 1. The van der Waals surface area contributed by atoms with Crippen LogP contribution >= 0.6 is 11.6 Å². The SMILES string of the molecule is COc1cc(OC)c(NC(=O)c2cc(C(F)(F)F)cc(C(F)(F)F)c2)cc1Cl. The van der Waals surface area contributed by atoms with E-state index in [-0.39, 0.29) is 28.3 Å². The Bertz CT molecular complexity index is 863. The van der Waals surface area contributed by atoms with E-state index in [1.807, 2.05) is 0 Å². The Kier molecular flexibility index (Phi) is 6.03. The number of carbonyl (C=O) groups is 1. The van der Waals surface area contributed by atoms with Gasteiger partial charge in [-0.15, -0.1) is 0 Å². The van der Waals surface area contributed by atoms with Gasteiger partial charge >= 0.3 is 12.4 Å². The van der Waals surface area contributed by atoms with Crippen molar-refractivity contribution in [2.45, 2.75) is 12.4 Å². The van der Waals surface area contributed by atoms with E-state index in [4.69, 9.17) is 21.1 Å². The normalized spacial score (nSPS) is 11.9. The lowest BCUT2D eigenvalue weighted by atomic mass is 10.0. The Balaban J connectivity index is 2.48. The van der Waals surface area contributed by atoms with Crippen molar-refractivity contribution in [2.75, 3.05) is 19.5 Å². The molecule has 0 aliphatic rings. The van der Waals surface area contributed by atoms with Crippen LogP contribution in [-0.2, 0) is 12.4 Å². The van der Waals surface area contributed by atoms with Crippen molar-refractivity contribution in [3.8, 4) is 11.5 Å². The summed E-state index contributed by atoms with van der Waals surface area (Å²) in [5, 5.41) is 2.23. The Morgan fingerprint density at radius 2 is 1.36 bits per heavy atom. The van der Waals surface area contributed by atoms with Crippen LogP contribution in [0, 0.1) is 0 Å². The second-order valence-corrected chi connectivity index (χ2v) is 5.84. The van der Waals surface area contributed by atoms with Crippen LogP contribution in [0.2, 0.25) is 5.02 Å². The van der Waals surface area contributed by atoms with Crippen LogP contribution in [0.1, 0.15) is 21.5 Å². The number of halogens is 7. The largest absolute Gasteiger partial charge is 0.495 e. The minimum absolute atomic E-state index is 0.0395. The molecule has 0 aliphatic carbocycles. The fourth-order valence-corrected chi connectivity index (χ4v) is 2.48. The zero-order chi connectivity index (χ0) is 21.3. The zero-order valence-electron chi connectivity index (χ0n) is 14.3. The van der Waals surface area contributed by atoms with Crippen LogP contribution in [0.3, 0.4) is 0 Å². The summed E-state index contributed by atoms with van der Waals surface area (Å²) in [6.07, 6.45) is -10.1. The highest BCUT2D eigenvalue weighted by Gasteiger charge is 2.37. The van der Waals surface area contributed by atoms with E-state index >= 15 is 0 Å². The molecule has 0 bridgehead atoms. The van der Waals surface area contributed by atoms with Crippen molar-refractivity contribution in [3.05, 3.63) is 52.0 Å². The molecule has 1 amide bonds. The third-order valence-electron chi connectivity index (χ3n) is 3.57. The number of benzene rings is 2. The van der Waals surface area contributed by atoms with Gasteiger partial charge in [-0.3, -0.25) is 4.79 Å². The maximum Gasteiger partial charge on any atom is 0.416 e. The number of anilines is 1. The van der Waals surface area contributed by atoms with Gasteiger partial charge in [-0.2, -0.15) is 26.3 Å². The van der Waals surface area contributed by atoms with E-state index in [9.17, 15) is 31.1 Å². The van der Waals surface area contributed by atoms with Crippen molar-refractivity contribution in [3.63, 3.8) is 0 Å². The second-order valence-electron chi connectivity index (χ2n) is 5.44. The van der Waals surface area contributed by atoms with Gasteiger partial charge < -0.3 is 14.8 Å². The Morgan fingerprint density at radius 3 is 1.79 bits per heavy atom. The number of carbonyl (C=O) groups excluding carboxylic acids is 1. The number of methoxy groups -OCH3 is 2. The average molecular weight is 428 g/mol. The molecule has 2 rings (SSSR count). The lowest BCUT2D eigenvalue weighted by molar-refractivity contribution is -0.143. The van der Waals surface area contributed by atoms with E-state index in [0.29, 0.717) is 12.1 Å². The summed E-state index contributed by atoms with van der Waals surface area (Å²) in [4.78, 5) is 12.3. The van der Waals surface area contributed by atoms with Crippen molar-refractivity contribution < 1.29 is 40.6 Å². The average Bonchev–Trinajstić information content (AvgIpc) is 2.60. The van der Waals surface area contributed by atoms with Gasteiger partial charge in [0.1, 0.15) is 11.5 Å². The number of nitrogens with one attached hydrogen (secondary N) is 1. The van der Waals surface area contributed by atoms with Crippen molar-refractivity contribution >= 4 is 23.2 Å². The molecule has 0 saturated carbocycles. The molecule has 0 radical (unpaired) electrons. The maximum absolute atomic E-state index is 12.9. The highest BCUT2D eigenvalue weighted by molar-refractivity contribution is 6.32. The van der Waals surface area contributed by atoms with Gasteiger partial charge in [-0.05, 0) is 24.3 Å². The Hall–Kier alpha value is -2.62. The highest BCUT2D eigenvalue weighted by Crippen LogP contribution is 2.38. The Labute approximate surface area is 160 Å². The molecule has 2 aromatic carbocycles. The summed E-state index contributed by atoms with van der Waals surface area (Å²) in [6.45, 7) is 0. The fraction of sp³-hybridized carbons (Fsp3) is 0.235. The van der Waals surface area contributed by atoms with Crippen molar-refractivity contribution in [1.82, 2.24) is 0 Å². The summed E-state index contributed by atoms with van der Waals surface area (Å²) in [6, 6.07) is 3.06. The summed E-state index contributed by atoms with van der Waals surface area (Å²) in [5.41, 5.74) is -4.11. The molecule has 0 saturated heterocycles. The standard InChI is InChI=1S/C17H12ClF6NO3/c1-27-13-7-14(28-2)12(6-11(13)18)25-15(26)8-3-9(16(19,20)21)5-10(4-8)17(22,23)24/h3-7H,1-2H3,(H,25,26). The second kappa shape index (κ2) is 7.78. The molecule has 0 fully saturated rings. The zero-order valence-corrected chi connectivity index (χ0v) is 15.0. The van der Waals surface area contributed by atoms with E-state index in [0.717, 1.165) is 0 Å². The number of hydrogen-bond acceptors (Lipinski definition) is 3. The van der Waals surface area contributed by atoms with Crippen LogP contribution in [0.15, 0.2) is 30.3 Å². The fourth-order valence-electron chi connectivity index (χ4n) is 2.24. The van der Waals surface area contributed by atoms with Crippen LogP contribution in [0.4, 0.5) is 32.0 Å². The minimum Gasteiger partial charge on any atom is -0.495 e. The summed E-state index contributed by atoms with van der Waals surface area (Å²) in [7, 11) is 2.56. The molecule has 0 heterocycles. The van der Waals surface area contributed by atoms with E-state index in [2.05, 4.69) is 5.32 Å². The lowest BCUT2D eigenvalue weighted by Gasteiger charge is -2.16. The third kappa shape index (κ3) is 4.80. The van der Waals surface area contributed by atoms with Crippen molar-refractivity contribution in [2.24, 2.45) is 0 Å². The molecule has 2 aromatic rings. The molecule has 0 spiro atoms. The van der Waals surface area contributed by atoms with Crippen LogP contribution < -0.4 is 14.8 Å². The molecular weight excluding hydrogens is 416 g/mol. The molecule has 1 N–H and O–H groups in total. The predicted octanol–water partition coefficient (Wildman–Crippen LogP) is 5.65. The number of rotatable bonds is 4. The molecule has 0 aromatic heterocycles. The van der Waals surface area contributed by atoms with E-state index in [1.165, 1.54) is 26.4 Å². The van der Waals surface area contributed by atoms with Crippen molar-refractivity contribution in [1.29, 1.82) is 0 Å². The first-order chi connectivity index (χ1) is 12.9. The topological polar surface area (TPSA) is 47.6 Å². The van der Waals surface area contributed by atoms with Crippen LogP contribution in [0.5, 0.6) is 11.5 Å². The lowest BCUT2D eigenvalue weighted by Crippen LogP contribution is -2.17. The smallest absolute Gasteiger partial charge is 0.416 e. The van der Waals surface area contributed by atoms with Gasteiger partial charge in [0, 0.05) is 11.6 Å². The van der Waals surface area contributed by atoms with Crippen LogP contribution in [0.25, 0.3) is 0 Å². The van der Waals surface area contributed by atoms with E-state index in [1.54, 1.807) is 0 Å². The summed E-state index contributed by atoms with van der Waals surface area (Å²) >= 11 is 5.93. The molecule has 11 heteroatoms. The quantitative estimate of drug-likeness (QED) is 0.642. The van der Waals surface area contributed by atoms with E-state index < -0.39 is 35.0 Å². The van der Waals surface area contributed by atoms with Gasteiger partial charge in [0.2, 0.25) is 0 Å². The monoisotopic (exact) mass is 427 g/mol. The maximum atomic E-state index is 12.9. The first-order valence-electron chi connectivity index (χ1n) is 7.39. The number of ether oxygens (including phenoxy) is 2. The summed E-state index contributed by atoms with van der Waals surface area (Å²) in [5.74, 6) is -0.983. The first kappa shape index (κ1) is 21.7. The molecule has 152 valence electrons. The minimum atomic E-state index is -5.07. The summed E-state index contributed by atoms with van der Waals surface area (Å²) < 4.78 is 87.6. The Morgan fingerprint density at radius 1 is 0.857 bits per heavy atom. The molecule has 0 unspecified atom stereocenters.